The van der Waals surface area contributed by atoms with Crippen molar-refractivity contribution in [1.82, 2.24) is 19.5 Å². The van der Waals surface area contributed by atoms with E-state index in [2.05, 4.69) is 15.0 Å². The number of anilines is 1. The van der Waals surface area contributed by atoms with E-state index in [0.717, 1.165) is 0 Å². The third-order valence-electron chi connectivity index (χ3n) is 2.14. The Balaban J connectivity index is 2.63. The molecule has 88 valence electrons. The Kier molecular flexibility index (Phi) is 2.77. The van der Waals surface area contributed by atoms with Crippen molar-refractivity contribution < 1.29 is 4.74 Å². The standard InChI is InChI=1S/C10H7N7O/c1-18-9-2-8(15-10(13)16-9)17-5-14-6(3-11)7(17)4-12/h2,5H,1H3,(H2,13,15,16). The van der Waals surface area contributed by atoms with E-state index < -0.39 is 0 Å². The Morgan fingerprint density at radius 2 is 2.11 bits per heavy atom. The zero-order chi connectivity index (χ0) is 13.1. The molecule has 8 nitrogen and oxygen atoms in total. The number of rotatable bonds is 2. The van der Waals surface area contributed by atoms with Crippen LogP contribution < -0.4 is 10.5 Å². The molecular formula is C10H7N7O. The lowest BCUT2D eigenvalue weighted by molar-refractivity contribution is 0.397. The highest BCUT2D eigenvalue weighted by molar-refractivity contribution is 5.44. The quantitative estimate of drug-likeness (QED) is 0.783. The largest absolute Gasteiger partial charge is 0.481 e. The van der Waals surface area contributed by atoms with Crippen LogP contribution in [0.5, 0.6) is 5.88 Å². The number of hydrogen-bond acceptors (Lipinski definition) is 7. The molecule has 0 amide bonds. The van der Waals surface area contributed by atoms with Crippen molar-refractivity contribution in [2.75, 3.05) is 12.8 Å². The molecule has 0 atom stereocenters. The lowest BCUT2D eigenvalue weighted by Gasteiger charge is -2.05. The molecule has 0 bridgehead atoms. The second kappa shape index (κ2) is 4.39. The van der Waals surface area contributed by atoms with Gasteiger partial charge in [-0.3, -0.25) is 4.57 Å². The number of ether oxygens (including phenoxy) is 1. The Morgan fingerprint density at radius 3 is 2.72 bits per heavy atom. The molecule has 2 aromatic heterocycles. The second-order valence-corrected chi connectivity index (χ2v) is 3.16. The fraction of sp³-hybridized carbons (Fsp3) is 0.100. The molecular weight excluding hydrogens is 234 g/mol. The number of aromatic nitrogens is 4. The molecule has 0 aromatic carbocycles. The van der Waals surface area contributed by atoms with Gasteiger partial charge in [-0.25, -0.2) is 4.98 Å². The van der Waals surface area contributed by atoms with Crippen molar-refractivity contribution in [3.05, 3.63) is 23.8 Å². The van der Waals surface area contributed by atoms with E-state index in [9.17, 15) is 0 Å². The predicted molar refractivity (Wildman–Crippen MR) is 59.5 cm³/mol. The first-order valence-electron chi connectivity index (χ1n) is 4.76. The summed E-state index contributed by atoms with van der Waals surface area (Å²) in [6.45, 7) is 0. The van der Waals surface area contributed by atoms with Crippen LogP contribution in [0, 0.1) is 22.7 Å². The van der Waals surface area contributed by atoms with Crippen LogP contribution in [0.2, 0.25) is 0 Å². The molecule has 0 aliphatic rings. The van der Waals surface area contributed by atoms with Crippen molar-refractivity contribution >= 4 is 5.95 Å². The van der Waals surface area contributed by atoms with Crippen LogP contribution in [0.4, 0.5) is 5.95 Å². The summed E-state index contributed by atoms with van der Waals surface area (Å²) in [5.41, 5.74) is 5.62. The van der Waals surface area contributed by atoms with Crippen molar-refractivity contribution in [3.8, 4) is 23.8 Å². The van der Waals surface area contributed by atoms with Gasteiger partial charge < -0.3 is 10.5 Å². The summed E-state index contributed by atoms with van der Waals surface area (Å²) in [6, 6.07) is 5.19. The minimum Gasteiger partial charge on any atom is -0.481 e. The van der Waals surface area contributed by atoms with Crippen LogP contribution in [-0.2, 0) is 0 Å². The number of imidazole rings is 1. The number of nitrogens with zero attached hydrogens (tertiary/aromatic N) is 6. The van der Waals surface area contributed by atoms with Crippen molar-refractivity contribution in [1.29, 1.82) is 10.5 Å². The van der Waals surface area contributed by atoms with Gasteiger partial charge in [0.1, 0.15) is 24.3 Å². The fourth-order valence-corrected chi connectivity index (χ4v) is 1.37. The van der Waals surface area contributed by atoms with E-state index in [1.807, 2.05) is 12.1 Å². The first kappa shape index (κ1) is 11.4. The van der Waals surface area contributed by atoms with Gasteiger partial charge in [0, 0.05) is 6.07 Å². The molecule has 0 spiro atoms. The molecule has 2 heterocycles. The third-order valence-corrected chi connectivity index (χ3v) is 2.14. The summed E-state index contributed by atoms with van der Waals surface area (Å²) >= 11 is 0. The van der Waals surface area contributed by atoms with Gasteiger partial charge in [-0.2, -0.15) is 20.5 Å². The fourth-order valence-electron chi connectivity index (χ4n) is 1.37. The molecule has 8 heteroatoms. The SMILES string of the molecule is COc1cc(-n2cnc(C#N)c2C#N)nc(N)n1. The first-order valence-corrected chi connectivity index (χ1v) is 4.76. The van der Waals surface area contributed by atoms with Crippen LogP contribution >= 0.6 is 0 Å². The molecule has 0 aliphatic heterocycles. The smallest absolute Gasteiger partial charge is 0.225 e. The maximum atomic E-state index is 9.01. The minimum atomic E-state index is 0.000414. The second-order valence-electron chi connectivity index (χ2n) is 3.16. The summed E-state index contributed by atoms with van der Waals surface area (Å²) in [7, 11) is 1.44. The van der Waals surface area contributed by atoms with Crippen LogP contribution in [0.15, 0.2) is 12.4 Å². The highest BCUT2D eigenvalue weighted by Crippen LogP contribution is 2.17. The highest BCUT2D eigenvalue weighted by Gasteiger charge is 2.14. The molecule has 2 aromatic rings. The van der Waals surface area contributed by atoms with Gasteiger partial charge in [0.2, 0.25) is 11.8 Å². The molecule has 0 fully saturated rings. The molecule has 2 rings (SSSR count). The van der Waals surface area contributed by atoms with E-state index in [4.69, 9.17) is 21.0 Å². The van der Waals surface area contributed by atoms with Crippen molar-refractivity contribution in [2.24, 2.45) is 0 Å². The summed E-state index contributed by atoms with van der Waals surface area (Å²) in [4.78, 5) is 11.6. The van der Waals surface area contributed by atoms with E-state index in [1.54, 1.807) is 0 Å². The zero-order valence-electron chi connectivity index (χ0n) is 9.32. The molecule has 0 saturated carbocycles. The Morgan fingerprint density at radius 1 is 1.33 bits per heavy atom. The predicted octanol–water partition coefficient (Wildman–Crippen LogP) is -0.00354. The molecule has 2 N–H and O–H groups in total. The highest BCUT2D eigenvalue weighted by atomic mass is 16.5. The van der Waals surface area contributed by atoms with Gasteiger partial charge in [0.25, 0.3) is 0 Å². The van der Waals surface area contributed by atoms with E-state index >= 15 is 0 Å². The molecule has 0 saturated heterocycles. The van der Waals surface area contributed by atoms with Gasteiger partial charge >= 0.3 is 0 Å². The first-order chi connectivity index (χ1) is 8.69. The minimum absolute atomic E-state index is 0.000414. The number of methoxy groups -OCH3 is 1. The average Bonchev–Trinajstić information content (AvgIpc) is 2.80. The van der Waals surface area contributed by atoms with Crippen LogP contribution in [0.1, 0.15) is 11.4 Å². The molecule has 0 radical (unpaired) electrons. The zero-order valence-corrected chi connectivity index (χ0v) is 9.32. The van der Waals surface area contributed by atoms with Crippen LogP contribution in [0.3, 0.4) is 0 Å². The number of nitrogen functional groups attached to an aromatic ring is 1. The van der Waals surface area contributed by atoms with Gasteiger partial charge in [-0.15, -0.1) is 0 Å². The maximum absolute atomic E-state index is 9.01. The van der Waals surface area contributed by atoms with E-state index in [1.165, 1.54) is 24.1 Å². The lowest BCUT2D eigenvalue weighted by Crippen LogP contribution is -2.05. The van der Waals surface area contributed by atoms with E-state index in [0.29, 0.717) is 5.82 Å². The molecule has 0 unspecified atom stereocenters. The van der Waals surface area contributed by atoms with Crippen molar-refractivity contribution in [2.45, 2.75) is 0 Å². The van der Waals surface area contributed by atoms with Gasteiger partial charge in [0.15, 0.2) is 11.4 Å². The number of nitriles is 2. The molecule has 0 aliphatic carbocycles. The van der Waals surface area contributed by atoms with E-state index in [-0.39, 0.29) is 23.2 Å². The summed E-state index contributed by atoms with van der Waals surface area (Å²) in [5, 5.41) is 17.8. The average molecular weight is 241 g/mol. The van der Waals surface area contributed by atoms with Crippen molar-refractivity contribution in [3.63, 3.8) is 0 Å². The Bertz CT molecular complexity index is 677. The number of hydrogen-bond donors (Lipinski definition) is 1. The summed E-state index contributed by atoms with van der Waals surface area (Å²) in [5.74, 6) is 0.568. The van der Waals surface area contributed by atoms with Gasteiger partial charge in [-0.05, 0) is 0 Å². The van der Waals surface area contributed by atoms with Gasteiger partial charge in [0.05, 0.1) is 7.11 Å². The Labute approximate surface area is 102 Å². The Hall–Kier alpha value is -3.13. The summed E-state index contributed by atoms with van der Waals surface area (Å²) < 4.78 is 6.30. The topological polar surface area (TPSA) is 126 Å². The molecule has 18 heavy (non-hydrogen) atoms. The maximum Gasteiger partial charge on any atom is 0.225 e. The van der Waals surface area contributed by atoms with Crippen LogP contribution in [-0.4, -0.2) is 26.6 Å². The lowest BCUT2D eigenvalue weighted by atomic mass is 10.3. The van der Waals surface area contributed by atoms with Gasteiger partial charge in [-0.1, -0.05) is 0 Å². The van der Waals surface area contributed by atoms with Crippen LogP contribution in [0.25, 0.3) is 5.82 Å². The normalized spacial score (nSPS) is 9.50. The monoisotopic (exact) mass is 241 g/mol. The summed E-state index contributed by atoms with van der Waals surface area (Å²) in [6.07, 6.45) is 1.32. The third kappa shape index (κ3) is 1.79. The number of nitrogens with two attached hydrogens (primary N) is 1.